The molecule has 1 saturated carbocycles. The Hall–Kier alpha value is -0.990. The molecule has 1 heterocycles. The topological polar surface area (TPSA) is 36.0 Å². The standard InChI is InChI=1S/C14H16ClNO/c15-9-5-6-13-11(7-9)12(8-16-13)10-3-1-2-4-14(10)17/h5-8,10,14,16-17H,1-4H2. The molecule has 1 aromatic heterocycles. The van der Waals surface area contributed by atoms with Gasteiger partial charge in [-0.2, -0.15) is 0 Å². The first kappa shape index (κ1) is 11.1. The number of aromatic amines is 1. The minimum atomic E-state index is -0.207. The van der Waals surface area contributed by atoms with Gasteiger partial charge in [0.1, 0.15) is 0 Å². The summed E-state index contributed by atoms with van der Waals surface area (Å²) in [6.07, 6.45) is 6.15. The van der Waals surface area contributed by atoms with Crippen LogP contribution in [0.25, 0.3) is 10.9 Å². The summed E-state index contributed by atoms with van der Waals surface area (Å²) in [7, 11) is 0. The molecular formula is C14H16ClNO. The number of rotatable bonds is 1. The van der Waals surface area contributed by atoms with Crippen LogP contribution in [0, 0.1) is 0 Å². The fourth-order valence-electron chi connectivity index (χ4n) is 2.90. The number of H-pyrrole nitrogens is 1. The Morgan fingerprint density at radius 3 is 2.88 bits per heavy atom. The van der Waals surface area contributed by atoms with Gasteiger partial charge in [0.05, 0.1) is 6.10 Å². The second-order valence-corrected chi connectivity index (χ2v) is 5.33. The molecule has 2 nitrogen and oxygen atoms in total. The second-order valence-electron chi connectivity index (χ2n) is 4.89. The average molecular weight is 250 g/mol. The number of hydrogen-bond donors (Lipinski definition) is 2. The molecule has 17 heavy (non-hydrogen) atoms. The van der Waals surface area contributed by atoms with Crippen LogP contribution in [0.4, 0.5) is 0 Å². The highest BCUT2D eigenvalue weighted by molar-refractivity contribution is 6.31. The molecule has 1 aliphatic carbocycles. The Morgan fingerprint density at radius 1 is 1.24 bits per heavy atom. The Kier molecular flexibility index (Phi) is 2.85. The van der Waals surface area contributed by atoms with Gasteiger partial charge in [-0.1, -0.05) is 24.4 Å². The van der Waals surface area contributed by atoms with Crippen LogP contribution in [0.3, 0.4) is 0 Å². The lowest BCUT2D eigenvalue weighted by Crippen LogP contribution is -2.22. The predicted octanol–water partition coefficient (Wildman–Crippen LogP) is 3.84. The van der Waals surface area contributed by atoms with E-state index in [1.165, 1.54) is 12.0 Å². The van der Waals surface area contributed by atoms with Crippen LogP contribution in [-0.4, -0.2) is 16.2 Å². The summed E-state index contributed by atoms with van der Waals surface area (Å²) in [4.78, 5) is 3.26. The lowest BCUT2D eigenvalue weighted by molar-refractivity contribution is 0.107. The van der Waals surface area contributed by atoms with Crippen molar-refractivity contribution in [1.82, 2.24) is 4.98 Å². The van der Waals surface area contributed by atoms with E-state index in [-0.39, 0.29) is 12.0 Å². The minimum Gasteiger partial charge on any atom is -0.392 e. The van der Waals surface area contributed by atoms with Crippen LogP contribution in [0.2, 0.25) is 5.02 Å². The molecule has 0 spiro atoms. The van der Waals surface area contributed by atoms with Gasteiger partial charge in [-0.05, 0) is 36.6 Å². The minimum absolute atomic E-state index is 0.207. The largest absolute Gasteiger partial charge is 0.392 e. The van der Waals surface area contributed by atoms with Crippen molar-refractivity contribution in [2.45, 2.75) is 37.7 Å². The maximum atomic E-state index is 10.1. The Morgan fingerprint density at radius 2 is 2.06 bits per heavy atom. The number of fused-ring (bicyclic) bond motifs is 1. The number of nitrogens with one attached hydrogen (secondary N) is 1. The molecule has 2 unspecified atom stereocenters. The Labute approximate surface area is 106 Å². The number of aliphatic hydroxyl groups excluding tert-OH is 1. The van der Waals surface area contributed by atoms with Crippen molar-refractivity contribution in [1.29, 1.82) is 0 Å². The van der Waals surface area contributed by atoms with Crippen molar-refractivity contribution < 1.29 is 5.11 Å². The SMILES string of the molecule is OC1CCCCC1c1c[nH]c2ccc(Cl)cc12. The number of aliphatic hydroxyl groups is 1. The van der Waals surface area contributed by atoms with Crippen molar-refractivity contribution in [2.75, 3.05) is 0 Å². The molecule has 1 aliphatic rings. The Balaban J connectivity index is 2.07. The van der Waals surface area contributed by atoms with E-state index in [0.717, 1.165) is 35.2 Å². The Bertz CT molecular complexity index is 534. The third-order valence-electron chi connectivity index (χ3n) is 3.80. The van der Waals surface area contributed by atoms with Crippen molar-refractivity contribution >= 4 is 22.5 Å². The van der Waals surface area contributed by atoms with Gasteiger partial charge in [0, 0.05) is 28.0 Å². The fourth-order valence-corrected chi connectivity index (χ4v) is 3.07. The maximum absolute atomic E-state index is 10.1. The summed E-state index contributed by atoms with van der Waals surface area (Å²) in [5.41, 5.74) is 2.32. The first-order valence-corrected chi connectivity index (χ1v) is 6.58. The molecule has 1 aromatic carbocycles. The highest BCUT2D eigenvalue weighted by atomic mass is 35.5. The van der Waals surface area contributed by atoms with E-state index in [0.29, 0.717) is 0 Å². The normalized spacial score (nSPS) is 25.3. The van der Waals surface area contributed by atoms with Gasteiger partial charge in [-0.25, -0.2) is 0 Å². The van der Waals surface area contributed by atoms with Gasteiger partial charge >= 0.3 is 0 Å². The molecule has 0 saturated heterocycles. The quantitative estimate of drug-likeness (QED) is 0.792. The molecule has 1 fully saturated rings. The summed E-state index contributed by atoms with van der Waals surface area (Å²) in [5.74, 6) is 0.260. The molecule has 2 N–H and O–H groups in total. The lowest BCUT2D eigenvalue weighted by Gasteiger charge is -2.27. The zero-order valence-corrected chi connectivity index (χ0v) is 10.4. The van der Waals surface area contributed by atoms with Gasteiger partial charge in [0.2, 0.25) is 0 Å². The van der Waals surface area contributed by atoms with Crippen LogP contribution in [0.5, 0.6) is 0 Å². The number of benzene rings is 1. The third-order valence-corrected chi connectivity index (χ3v) is 4.04. The van der Waals surface area contributed by atoms with Crippen LogP contribution < -0.4 is 0 Å². The molecule has 0 aliphatic heterocycles. The maximum Gasteiger partial charge on any atom is 0.0609 e. The molecular weight excluding hydrogens is 234 g/mol. The van der Waals surface area contributed by atoms with E-state index in [9.17, 15) is 5.11 Å². The summed E-state index contributed by atoms with van der Waals surface area (Å²) >= 11 is 6.05. The van der Waals surface area contributed by atoms with Gasteiger partial charge in [0.15, 0.2) is 0 Å². The van der Waals surface area contributed by atoms with Crippen LogP contribution in [-0.2, 0) is 0 Å². The van der Waals surface area contributed by atoms with Crippen LogP contribution in [0.1, 0.15) is 37.2 Å². The van der Waals surface area contributed by atoms with E-state index in [1.54, 1.807) is 0 Å². The average Bonchev–Trinajstić information content (AvgIpc) is 2.72. The van der Waals surface area contributed by atoms with Crippen molar-refractivity contribution in [3.63, 3.8) is 0 Å². The number of aromatic nitrogens is 1. The smallest absolute Gasteiger partial charge is 0.0609 e. The summed E-state index contributed by atoms with van der Waals surface area (Å²) in [6.45, 7) is 0. The zero-order valence-electron chi connectivity index (χ0n) is 9.62. The summed E-state index contributed by atoms with van der Waals surface area (Å²) in [6, 6.07) is 5.88. The van der Waals surface area contributed by atoms with Gasteiger partial charge < -0.3 is 10.1 Å². The molecule has 0 amide bonds. The van der Waals surface area contributed by atoms with E-state index in [2.05, 4.69) is 4.98 Å². The second kappa shape index (κ2) is 4.35. The first-order valence-electron chi connectivity index (χ1n) is 6.20. The van der Waals surface area contributed by atoms with E-state index in [1.807, 2.05) is 24.4 Å². The van der Waals surface area contributed by atoms with Gasteiger partial charge in [0.25, 0.3) is 0 Å². The monoisotopic (exact) mass is 249 g/mol. The zero-order chi connectivity index (χ0) is 11.8. The van der Waals surface area contributed by atoms with Crippen molar-refractivity contribution in [3.8, 4) is 0 Å². The molecule has 90 valence electrons. The summed E-state index contributed by atoms with van der Waals surface area (Å²) < 4.78 is 0. The highest BCUT2D eigenvalue weighted by Gasteiger charge is 2.26. The lowest BCUT2D eigenvalue weighted by atomic mass is 9.82. The van der Waals surface area contributed by atoms with Gasteiger partial charge in [-0.3, -0.25) is 0 Å². The van der Waals surface area contributed by atoms with Crippen LogP contribution in [0.15, 0.2) is 24.4 Å². The van der Waals surface area contributed by atoms with E-state index in [4.69, 9.17) is 11.6 Å². The number of hydrogen-bond acceptors (Lipinski definition) is 1. The summed E-state index contributed by atoms with van der Waals surface area (Å²) in [5, 5.41) is 12.0. The fraction of sp³-hybridized carbons (Fsp3) is 0.429. The van der Waals surface area contributed by atoms with Crippen molar-refractivity contribution in [3.05, 3.63) is 35.0 Å². The molecule has 0 bridgehead atoms. The molecule has 3 heteroatoms. The molecule has 0 radical (unpaired) electrons. The first-order chi connectivity index (χ1) is 8.25. The predicted molar refractivity (Wildman–Crippen MR) is 70.5 cm³/mol. The molecule has 2 aromatic rings. The van der Waals surface area contributed by atoms with Crippen molar-refractivity contribution in [2.24, 2.45) is 0 Å². The third kappa shape index (κ3) is 1.96. The molecule has 2 atom stereocenters. The van der Waals surface area contributed by atoms with Gasteiger partial charge in [-0.15, -0.1) is 0 Å². The highest BCUT2D eigenvalue weighted by Crippen LogP contribution is 2.37. The number of halogens is 1. The van der Waals surface area contributed by atoms with E-state index >= 15 is 0 Å². The van der Waals surface area contributed by atoms with E-state index < -0.39 is 0 Å². The van der Waals surface area contributed by atoms with Crippen LogP contribution >= 0.6 is 11.6 Å². The molecule has 3 rings (SSSR count).